The van der Waals surface area contributed by atoms with Crippen molar-refractivity contribution in [2.45, 2.75) is 39.3 Å². The van der Waals surface area contributed by atoms with Crippen molar-refractivity contribution in [1.29, 1.82) is 0 Å². The molecule has 2 rings (SSSR count). The second-order valence-corrected chi connectivity index (χ2v) is 6.74. The maximum atomic E-state index is 5.45. The summed E-state index contributed by atoms with van der Waals surface area (Å²) in [6.45, 7) is 9.49. The van der Waals surface area contributed by atoms with Crippen LogP contribution in [0.25, 0.3) is 10.1 Å². The van der Waals surface area contributed by atoms with Crippen molar-refractivity contribution < 1.29 is 4.74 Å². The molecule has 0 aliphatic carbocycles. The van der Waals surface area contributed by atoms with E-state index < -0.39 is 0 Å². The molecule has 1 atom stereocenters. The first-order chi connectivity index (χ1) is 8.94. The Balaban J connectivity index is 2.17. The Bertz CT molecular complexity index is 559. The molecule has 0 amide bonds. The lowest BCUT2D eigenvalue weighted by Gasteiger charge is -2.25. The summed E-state index contributed by atoms with van der Waals surface area (Å²) in [5.41, 5.74) is 1.27. The van der Waals surface area contributed by atoms with Crippen molar-refractivity contribution >= 4 is 21.4 Å². The molecule has 0 radical (unpaired) electrons. The van der Waals surface area contributed by atoms with E-state index in [0.29, 0.717) is 6.04 Å². The summed E-state index contributed by atoms with van der Waals surface area (Å²) in [6.07, 6.45) is 0. The largest absolute Gasteiger partial charge is 0.377 e. The highest BCUT2D eigenvalue weighted by Gasteiger charge is 2.19. The highest BCUT2D eigenvalue weighted by Crippen LogP contribution is 2.34. The maximum absolute atomic E-state index is 5.45. The number of nitrogens with one attached hydrogen (secondary N) is 1. The molecule has 1 heterocycles. The molecule has 2 nitrogen and oxygen atoms in total. The molecule has 0 saturated heterocycles. The van der Waals surface area contributed by atoms with Gasteiger partial charge in [-0.15, -0.1) is 11.3 Å². The Morgan fingerprint density at radius 3 is 2.63 bits per heavy atom. The van der Waals surface area contributed by atoms with Crippen LogP contribution in [0.3, 0.4) is 0 Å². The van der Waals surface area contributed by atoms with Gasteiger partial charge in [-0.05, 0) is 44.7 Å². The van der Waals surface area contributed by atoms with Crippen molar-refractivity contribution in [2.75, 3.05) is 13.7 Å². The van der Waals surface area contributed by atoms with Gasteiger partial charge in [-0.1, -0.05) is 18.2 Å². The third-order valence-corrected chi connectivity index (χ3v) is 5.12. The van der Waals surface area contributed by atoms with Crippen LogP contribution in [0.2, 0.25) is 0 Å². The van der Waals surface area contributed by atoms with Crippen LogP contribution >= 0.6 is 11.3 Å². The van der Waals surface area contributed by atoms with Crippen LogP contribution in [0.1, 0.15) is 37.3 Å². The summed E-state index contributed by atoms with van der Waals surface area (Å²) in [4.78, 5) is 1.42. The van der Waals surface area contributed by atoms with Crippen LogP contribution in [0.4, 0.5) is 0 Å². The topological polar surface area (TPSA) is 21.3 Å². The summed E-state index contributed by atoms with van der Waals surface area (Å²) in [7, 11) is 1.76. The van der Waals surface area contributed by atoms with E-state index in [0.717, 1.165) is 6.54 Å². The van der Waals surface area contributed by atoms with Crippen molar-refractivity contribution in [3.63, 3.8) is 0 Å². The Hall–Kier alpha value is -0.900. The minimum absolute atomic E-state index is 0.126. The van der Waals surface area contributed by atoms with E-state index >= 15 is 0 Å². The fraction of sp³-hybridized carbons (Fsp3) is 0.500. The summed E-state index contributed by atoms with van der Waals surface area (Å²) in [5.74, 6) is 0. The zero-order valence-electron chi connectivity index (χ0n) is 12.4. The van der Waals surface area contributed by atoms with Gasteiger partial charge in [-0.3, -0.25) is 0 Å². The van der Waals surface area contributed by atoms with Gasteiger partial charge in [0.15, 0.2) is 0 Å². The van der Waals surface area contributed by atoms with E-state index in [1.807, 2.05) is 11.3 Å². The molecule has 0 fully saturated rings. The number of fused-ring (bicyclic) bond motifs is 1. The van der Waals surface area contributed by atoms with Gasteiger partial charge in [0.1, 0.15) is 0 Å². The molecule has 0 saturated carbocycles. The predicted molar refractivity (Wildman–Crippen MR) is 84.1 cm³/mol. The van der Waals surface area contributed by atoms with E-state index in [9.17, 15) is 0 Å². The molecule has 1 unspecified atom stereocenters. The van der Waals surface area contributed by atoms with Gasteiger partial charge in [0.2, 0.25) is 0 Å². The van der Waals surface area contributed by atoms with E-state index in [-0.39, 0.29) is 5.60 Å². The van der Waals surface area contributed by atoms with Gasteiger partial charge < -0.3 is 10.1 Å². The second kappa shape index (κ2) is 5.61. The molecular formula is C16H23NOS. The van der Waals surface area contributed by atoms with Crippen LogP contribution in [0, 0.1) is 6.92 Å². The molecule has 0 bridgehead atoms. The van der Waals surface area contributed by atoms with E-state index in [1.165, 1.54) is 20.5 Å². The third kappa shape index (κ3) is 3.16. The van der Waals surface area contributed by atoms with Crippen molar-refractivity contribution in [3.8, 4) is 0 Å². The molecule has 0 aliphatic heterocycles. The Morgan fingerprint density at radius 1 is 1.32 bits per heavy atom. The number of hydrogen-bond acceptors (Lipinski definition) is 3. The van der Waals surface area contributed by atoms with Gasteiger partial charge in [0, 0.05) is 29.3 Å². The minimum Gasteiger partial charge on any atom is -0.377 e. The first kappa shape index (κ1) is 14.5. The summed E-state index contributed by atoms with van der Waals surface area (Å²) in [5, 5.41) is 4.95. The van der Waals surface area contributed by atoms with Crippen LogP contribution in [0.5, 0.6) is 0 Å². The number of ether oxygens (including phenoxy) is 1. The zero-order chi connectivity index (χ0) is 14.0. The lowest BCUT2D eigenvalue weighted by Crippen LogP contribution is -2.37. The van der Waals surface area contributed by atoms with Crippen LogP contribution in [-0.2, 0) is 4.74 Å². The van der Waals surface area contributed by atoms with Gasteiger partial charge in [0.25, 0.3) is 0 Å². The summed E-state index contributed by atoms with van der Waals surface area (Å²) < 4.78 is 6.82. The average molecular weight is 277 g/mol. The fourth-order valence-corrected chi connectivity index (χ4v) is 3.41. The number of aryl methyl sites for hydroxylation is 1. The smallest absolute Gasteiger partial charge is 0.0746 e. The van der Waals surface area contributed by atoms with Crippen LogP contribution < -0.4 is 5.32 Å². The molecule has 2 aromatic rings. The van der Waals surface area contributed by atoms with Crippen molar-refractivity contribution in [3.05, 3.63) is 34.7 Å². The molecule has 0 aliphatic rings. The molecule has 1 aromatic carbocycles. The third-order valence-electron chi connectivity index (χ3n) is 3.66. The van der Waals surface area contributed by atoms with Gasteiger partial charge >= 0.3 is 0 Å². The lowest BCUT2D eigenvalue weighted by atomic mass is 10.1. The zero-order valence-corrected chi connectivity index (χ0v) is 13.2. The fourth-order valence-electron chi connectivity index (χ4n) is 2.17. The van der Waals surface area contributed by atoms with Crippen LogP contribution in [0.15, 0.2) is 24.3 Å². The number of benzene rings is 1. The van der Waals surface area contributed by atoms with Gasteiger partial charge in [-0.25, -0.2) is 0 Å². The van der Waals surface area contributed by atoms with Gasteiger partial charge in [0.05, 0.1) is 5.60 Å². The summed E-state index contributed by atoms with van der Waals surface area (Å²) >= 11 is 1.89. The molecular weight excluding hydrogens is 254 g/mol. The van der Waals surface area contributed by atoms with Crippen LogP contribution in [-0.4, -0.2) is 19.3 Å². The van der Waals surface area contributed by atoms with E-state index in [1.54, 1.807) is 7.11 Å². The monoisotopic (exact) mass is 277 g/mol. The normalized spacial score (nSPS) is 13.9. The number of rotatable bonds is 5. The molecule has 0 spiro atoms. The second-order valence-electron chi connectivity index (χ2n) is 5.65. The molecule has 1 N–H and O–H groups in total. The number of hydrogen-bond donors (Lipinski definition) is 1. The predicted octanol–water partition coefficient (Wildman–Crippen LogP) is 4.29. The number of thiophene rings is 1. The Morgan fingerprint density at radius 2 is 2.00 bits per heavy atom. The summed E-state index contributed by atoms with van der Waals surface area (Å²) in [6, 6.07) is 8.97. The first-order valence-corrected chi connectivity index (χ1v) is 7.53. The minimum atomic E-state index is -0.126. The lowest BCUT2D eigenvalue weighted by molar-refractivity contribution is 0.0215. The standard InChI is InChI=1S/C16H23NOS/c1-11-13-8-6-7-9-14(13)19-15(11)12(2)17-10-16(3,4)18-5/h6-9,12,17H,10H2,1-5H3. The van der Waals surface area contributed by atoms with Crippen molar-refractivity contribution in [2.24, 2.45) is 0 Å². The average Bonchev–Trinajstić information content (AvgIpc) is 2.74. The molecule has 104 valence electrons. The maximum Gasteiger partial charge on any atom is 0.0746 e. The molecule has 19 heavy (non-hydrogen) atoms. The van der Waals surface area contributed by atoms with E-state index in [2.05, 4.69) is 57.3 Å². The first-order valence-electron chi connectivity index (χ1n) is 6.71. The van der Waals surface area contributed by atoms with Gasteiger partial charge in [-0.2, -0.15) is 0 Å². The highest BCUT2D eigenvalue weighted by atomic mass is 32.1. The molecule has 1 aromatic heterocycles. The quantitative estimate of drug-likeness (QED) is 0.880. The Kier molecular flexibility index (Phi) is 4.29. The number of methoxy groups -OCH3 is 1. The van der Waals surface area contributed by atoms with Crippen molar-refractivity contribution in [1.82, 2.24) is 5.32 Å². The van der Waals surface area contributed by atoms with E-state index in [4.69, 9.17) is 4.74 Å². The SMILES string of the molecule is COC(C)(C)CNC(C)c1sc2ccccc2c1C. The Labute approximate surface area is 119 Å². The molecule has 3 heteroatoms. The highest BCUT2D eigenvalue weighted by molar-refractivity contribution is 7.19.